The van der Waals surface area contributed by atoms with E-state index in [2.05, 4.69) is 0 Å². The van der Waals surface area contributed by atoms with Gasteiger partial charge in [-0.1, -0.05) is 17.7 Å². The van der Waals surface area contributed by atoms with E-state index in [0.29, 0.717) is 5.56 Å². The predicted octanol–water partition coefficient (Wildman–Crippen LogP) is 6.01. The van der Waals surface area contributed by atoms with Gasteiger partial charge in [0.2, 0.25) is 11.8 Å². The van der Waals surface area contributed by atoms with Gasteiger partial charge in [-0.15, -0.1) is 0 Å². The van der Waals surface area contributed by atoms with Crippen LogP contribution in [0.25, 0.3) is 0 Å². The van der Waals surface area contributed by atoms with E-state index in [1.807, 2.05) is 0 Å². The molecule has 5 rings (SSSR count). The van der Waals surface area contributed by atoms with Crippen LogP contribution in [-0.2, 0) is 9.59 Å². The maximum atomic E-state index is 14.5. The van der Waals surface area contributed by atoms with Gasteiger partial charge in [0.1, 0.15) is 22.8 Å². The summed E-state index contributed by atoms with van der Waals surface area (Å²) in [5, 5.41) is -0.0749. The van der Waals surface area contributed by atoms with Crippen LogP contribution in [0.5, 0.6) is 5.75 Å². The minimum Gasteiger partial charge on any atom is -0.410 e. The number of carbonyl (C=O) groups excluding carboxylic acids is 3. The summed E-state index contributed by atoms with van der Waals surface area (Å²) in [4.78, 5) is 43.8. The van der Waals surface area contributed by atoms with Crippen LogP contribution < -0.4 is 4.74 Å². The third kappa shape index (κ3) is 6.16. The molecule has 0 N–H and O–H groups in total. The molecule has 3 amide bonds. The first-order valence-corrected chi connectivity index (χ1v) is 14.6. The van der Waals surface area contributed by atoms with Gasteiger partial charge in [0.25, 0.3) is 0 Å². The molecule has 13 heteroatoms. The number of hydrogen-bond acceptors (Lipinski definition) is 4. The van der Waals surface area contributed by atoms with Crippen LogP contribution in [0.4, 0.5) is 26.7 Å². The number of carbonyl (C=O) groups is 3. The van der Waals surface area contributed by atoms with E-state index in [-0.39, 0.29) is 75.1 Å². The molecule has 0 aromatic heterocycles. The number of rotatable bonds is 6. The van der Waals surface area contributed by atoms with Crippen LogP contribution in [0.15, 0.2) is 42.5 Å². The fourth-order valence-corrected chi connectivity index (χ4v) is 6.27. The molecule has 1 saturated carbocycles. The Balaban J connectivity index is 1.31. The lowest BCUT2D eigenvalue weighted by molar-refractivity contribution is -0.199. The first-order valence-electron chi connectivity index (χ1n) is 14.2. The first kappa shape index (κ1) is 31.0. The summed E-state index contributed by atoms with van der Waals surface area (Å²) in [6.07, 6.45) is -5.33. The fraction of sp³-hybridized carbons (Fsp3) is 0.500. The van der Waals surface area contributed by atoms with Crippen molar-refractivity contribution in [1.82, 2.24) is 14.7 Å². The summed E-state index contributed by atoms with van der Waals surface area (Å²) >= 11 is 5.90. The third-order valence-corrected chi connectivity index (χ3v) is 9.11. The van der Waals surface area contributed by atoms with E-state index >= 15 is 0 Å². The number of likely N-dealkylation sites (tertiary alicyclic amines) is 2. The predicted molar refractivity (Wildman–Crippen MR) is 146 cm³/mol. The molecule has 7 nitrogen and oxygen atoms in total. The summed E-state index contributed by atoms with van der Waals surface area (Å²) in [7, 11) is 0. The number of halogens is 6. The van der Waals surface area contributed by atoms with E-state index in [4.69, 9.17) is 16.3 Å². The Morgan fingerprint density at radius 3 is 2.21 bits per heavy atom. The molecule has 43 heavy (non-hydrogen) atoms. The smallest absolute Gasteiger partial charge is 0.410 e. The molecule has 232 valence electrons. The molecule has 3 aliphatic rings. The van der Waals surface area contributed by atoms with Crippen LogP contribution in [0, 0.1) is 23.0 Å². The Hall–Kier alpha value is -3.41. The maximum absolute atomic E-state index is 14.5. The van der Waals surface area contributed by atoms with Crippen molar-refractivity contribution in [2.75, 3.05) is 32.7 Å². The van der Waals surface area contributed by atoms with Crippen LogP contribution in [0.3, 0.4) is 0 Å². The zero-order chi connectivity index (χ0) is 31.1. The number of benzene rings is 2. The average Bonchev–Trinajstić information content (AvgIpc) is 3.70. The molecule has 3 fully saturated rings. The minimum atomic E-state index is -4.60. The van der Waals surface area contributed by atoms with Gasteiger partial charge in [-0.3, -0.25) is 9.59 Å². The van der Waals surface area contributed by atoms with Crippen molar-refractivity contribution in [1.29, 1.82) is 0 Å². The third-order valence-electron chi connectivity index (χ3n) is 8.80. The summed E-state index contributed by atoms with van der Waals surface area (Å²) < 4.78 is 73.7. The van der Waals surface area contributed by atoms with Crippen molar-refractivity contribution in [3.8, 4) is 5.75 Å². The highest BCUT2D eigenvalue weighted by atomic mass is 35.5. The van der Waals surface area contributed by atoms with E-state index < -0.39 is 53.1 Å². The fourth-order valence-electron chi connectivity index (χ4n) is 6.15. The number of hydrogen-bond donors (Lipinski definition) is 0. The topological polar surface area (TPSA) is 70.2 Å². The molecule has 2 aromatic rings. The van der Waals surface area contributed by atoms with Gasteiger partial charge in [-0.25, -0.2) is 13.6 Å². The Bertz CT molecular complexity index is 1380. The van der Waals surface area contributed by atoms with Gasteiger partial charge in [0, 0.05) is 44.6 Å². The molecular weight excluding hydrogens is 597 g/mol. The lowest BCUT2D eigenvalue weighted by Gasteiger charge is -2.35. The second-order valence-corrected chi connectivity index (χ2v) is 11.8. The molecule has 2 unspecified atom stereocenters. The summed E-state index contributed by atoms with van der Waals surface area (Å²) in [6, 6.07) is 8.64. The van der Waals surface area contributed by atoms with Gasteiger partial charge in [-0.2, -0.15) is 13.2 Å². The van der Waals surface area contributed by atoms with Gasteiger partial charge < -0.3 is 19.4 Å². The van der Waals surface area contributed by atoms with Gasteiger partial charge >= 0.3 is 12.3 Å². The van der Waals surface area contributed by atoms with E-state index in [1.165, 1.54) is 34.1 Å². The van der Waals surface area contributed by atoms with Crippen molar-refractivity contribution in [2.45, 2.75) is 50.7 Å². The van der Waals surface area contributed by atoms with E-state index in [9.17, 15) is 36.3 Å². The number of ether oxygens (including phenoxy) is 1. The molecule has 0 radical (unpaired) electrons. The molecule has 2 saturated heterocycles. The van der Waals surface area contributed by atoms with Crippen LogP contribution in [0.2, 0.25) is 5.02 Å². The molecule has 0 bridgehead atoms. The highest BCUT2D eigenvalue weighted by molar-refractivity contribution is 6.30. The highest BCUT2D eigenvalue weighted by Gasteiger charge is 2.69. The Morgan fingerprint density at radius 2 is 1.65 bits per heavy atom. The molecule has 0 spiro atoms. The van der Waals surface area contributed by atoms with E-state index in [0.717, 1.165) is 12.1 Å². The molecule has 2 aromatic carbocycles. The number of nitrogens with zero attached hydrogens (tertiary/aromatic N) is 3. The average molecular weight is 628 g/mol. The van der Waals surface area contributed by atoms with Crippen molar-refractivity contribution >= 4 is 29.5 Å². The summed E-state index contributed by atoms with van der Waals surface area (Å²) in [5.74, 6) is -3.20. The lowest BCUT2D eigenvalue weighted by atomic mass is 9.93. The Labute approximate surface area is 250 Å². The second-order valence-electron chi connectivity index (χ2n) is 11.3. The van der Waals surface area contributed by atoms with Crippen LogP contribution >= 0.6 is 11.6 Å². The van der Waals surface area contributed by atoms with Crippen LogP contribution in [0.1, 0.15) is 44.1 Å². The number of alkyl halides is 3. The van der Waals surface area contributed by atoms with Crippen molar-refractivity contribution in [3.05, 3.63) is 64.7 Å². The first-order chi connectivity index (χ1) is 20.3. The lowest BCUT2D eigenvalue weighted by Crippen LogP contribution is -2.49. The maximum Gasteiger partial charge on any atom is 0.415 e. The van der Waals surface area contributed by atoms with Crippen LogP contribution in [-0.4, -0.2) is 77.5 Å². The molecule has 1 aliphatic carbocycles. The molecular formula is C30H31ClF5N3O4. The quantitative estimate of drug-likeness (QED) is 0.368. The van der Waals surface area contributed by atoms with E-state index in [1.54, 1.807) is 17.9 Å². The van der Waals surface area contributed by atoms with Gasteiger partial charge in [0.05, 0.1) is 11.1 Å². The SMILES string of the molecule is CCN(C(=O)Oc1ccc(F)cc1)C1CN(C(=O)C2CCN(C(=O)C3(C(F)(F)F)CC3)CC2)CC1c1ccc(Cl)c(F)c1. The summed E-state index contributed by atoms with van der Waals surface area (Å²) in [5.41, 5.74) is -1.77. The minimum absolute atomic E-state index is 0.0429. The number of likely N-dealkylation sites (N-methyl/N-ethyl adjacent to an activating group) is 1. The standard InChI is InChI=1S/C30H31ClF5N3O4/c1-2-39(28(42)43-21-6-4-20(32)5-7-21)25-17-38(16-22(25)19-3-8-23(31)24(33)15-19)26(40)18-9-13-37(14-10-18)27(41)29(11-12-29)30(34,35)36/h3-8,15,18,22,25H,2,9-14,16-17H2,1H3. The van der Waals surface area contributed by atoms with Gasteiger partial charge in [0.15, 0.2) is 0 Å². The number of piperidine rings is 1. The van der Waals surface area contributed by atoms with Gasteiger partial charge in [-0.05, 0) is 74.6 Å². The normalized spacial score (nSPS) is 21.9. The Kier molecular flexibility index (Phi) is 8.61. The Morgan fingerprint density at radius 1 is 1.00 bits per heavy atom. The highest BCUT2D eigenvalue weighted by Crippen LogP contribution is 2.58. The van der Waals surface area contributed by atoms with Crippen molar-refractivity contribution in [3.63, 3.8) is 0 Å². The summed E-state index contributed by atoms with van der Waals surface area (Å²) in [6.45, 7) is 2.27. The largest absolute Gasteiger partial charge is 0.415 e. The number of amides is 3. The molecule has 2 heterocycles. The zero-order valence-corrected chi connectivity index (χ0v) is 24.1. The monoisotopic (exact) mass is 627 g/mol. The molecule has 2 atom stereocenters. The molecule has 2 aliphatic heterocycles. The van der Waals surface area contributed by atoms with Crippen molar-refractivity contribution < 1.29 is 41.1 Å². The zero-order valence-electron chi connectivity index (χ0n) is 23.4. The second kappa shape index (κ2) is 11.9. The van der Waals surface area contributed by atoms with Crippen molar-refractivity contribution in [2.24, 2.45) is 11.3 Å².